The Labute approximate surface area is 162 Å². The number of hydrogen-bond donors (Lipinski definition) is 3. The maximum atomic E-state index is 11.2. The normalized spacial score (nSPS) is 23.8. The summed E-state index contributed by atoms with van der Waals surface area (Å²) in [4.78, 5) is 18.4. The van der Waals surface area contributed by atoms with E-state index in [1.54, 1.807) is 0 Å². The molecule has 0 bridgehead atoms. The Balaban J connectivity index is 0.00000288. The van der Waals surface area contributed by atoms with Gasteiger partial charge in [-0.05, 0) is 19.3 Å². The number of morpholine rings is 1. The zero-order valence-corrected chi connectivity index (χ0v) is 17.2. The van der Waals surface area contributed by atoms with Gasteiger partial charge in [-0.3, -0.25) is 14.7 Å². The van der Waals surface area contributed by atoms with Gasteiger partial charge in [0.15, 0.2) is 5.96 Å². The number of amides is 1. The smallest absolute Gasteiger partial charge is 0.220 e. The summed E-state index contributed by atoms with van der Waals surface area (Å²) in [5.41, 5.74) is 0. The van der Waals surface area contributed by atoms with Crippen LogP contribution in [0.5, 0.6) is 0 Å². The first-order valence-electron chi connectivity index (χ1n) is 8.79. The number of guanidine groups is 1. The molecule has 0 aromatic carbocycles. The van der Waals surface area contributed by atoms with Gasteiger partial charge in [-0.25, -0.2) is 0 Å². The van der Waals surface area contributed by atoms with E-state index in [1.807, 2.05) is 0 Å². The van der Waals surface area contributed by atoms with Crippen molar-refractivity contribution in [2.45, 2.75) is 32.7 Å². The highest BCUT2D eigenvalue weighted by Gasteiger charge is 2.19. The van der Waals surface area contributed by atoms with Crippen LogP contribution in [-0.4, -0.2) is 75.3 Å². The Morgan fingerprint density at radius 3 is 2.83 bits per heavy atom. The van der Waals surface area contributed by atoms with Crippen LogP contribution in [0.2, 0.25) is 0 Å². The van der Waals surface area contributed by atoms with Crippen LogP contribution in [0.1, 0.15) is 26.7 Å². The van der Waals surface area contributed by atoms with E-state index < -0.39 is 0 Å². The first kappa shape index (κ1) is 21.4. The van der Waals surface area contributed by atoms with Crippen LogP contribution in [0, 0.1) is 5.92 Å². The van der Waals surface area contributed by atoms with Crippen LogP contribution in [0.25, 0.3) is 0 Å². The highest BCUT2D eigenvalue weighted by atomic mass is 127. The highest BCUT2D eigenvalue weighted by molar-refractivity contribution is 14.0. The second-order valence-corrected chi connectivity index (χ2v) is 6.42. The van der Waals surface area contributed by atoms with Crippen LogP contribution in [-0.2, 0) is 9.53 Å². The van der Waals surface area contributed by atoms with Crippen molar-refractivity contribution >= 4 is 35.8 Å². The quantitative estimate of drug-likeness (QED) is 0.309. The number of nitrogens with zero attached hydrogens (tertiary/aromatic N) is 2. The standard InChI is InChI=1S/C16H31N5O2.HI/c1-3-17-16(20-14-4-5-15(22)18-11-14)19-10-13(2)12-21-6-8-23-9-7-21;/h13-14H,3-12H2,1-2H3,(H,18,22)(H2,17,19,20);1H. The molecule has 0 aliphatic carbocycles. The largest absolute Gasteiger partial charge is 0.379 e. The summed E-state index contributed by atoms with van der Waals surface area (Å²) in [6.07, 6.45) is 1.45. The second-order valence-electron chi connectivity index (χ2n) is 6.42. The molecule has 0 radical (unpaired) electrons. The van der Waals surface area contributed by atoms with Crippen molar-refractivity contribution in [2.24, 2.45) is 10.9 Å². The fourth-order valence-electron chi connectivity index (χ4n) is 2.90. The van der Waals surface area contributed by atoms with Gasteiger partial charge in [-0.2, -0.15) is 0 Å². The van der Waals surface area contributed by atoms with Gasteiger partial charge >= 0.3 is 0 Å². The molecule has 24 heavy (non-hydrogen) atoms. The van der Waals surface area contributed by atoms with Crippen molar-refractivity contribution < 1.29 is 9.53 Å². The number of nitrogens with one attached hydrogen (secondary N) is 3. The van der Waals surface area contributed by atoms with E-state index in [1.165, 1.54) is 0 Å². The molecule has 0 spiro atoms. The van der Waals surface area contributed by atoms with E-state index in [2.05, 4.69) is 34.7 Å². The summed E-state index contributed by atoms with van der Waals surface area (Å²) < 4.78 is 5.38. The van der Waals surface area contributed by atoms with E-state index in [4.69, 9.17) is 9.73 Å². The van der Waals surface area contributed by atoms with Crippen molar-refractivity contribution in [3.8, 4) is 0 Å². The molecule has 1 amide bonds. The lowest BCUT2D eigenvalue weighted by atomic mass is 10.1. The first-order chi connectivity index (χ1) is 11.2. The Morgan fingerprint density at radius 2 is 2.21 bits per heavy atom. The average Bonchev–Trinajstić information content (AvgIpc) is 2.56. The fraction of sp³-hybridized carbons (Fsp3) is 0.875. The lowest BCUT2D eigenvalue weighted by Gasteiger charge is -2.29. The Hall–Kier alpha value is -0.610. The molecule has 0 aromatic rings. The van der Waals surface area contributed by atoms with Gasteiger partial charge < -0.3 is 20.7 Å². The van der Waals surface area contributed by atoms with Gasteiger partial charge in [0.05, 0.1) is 13.2 Å². The van der Waals surface area contributed by atoms with Gasteiger partial charge in [-0.15, -0.1) is 24.0 Å². The summed E-state index contributed by atoms with van der Waals surface area (Å²) in [7, 11) is 0. The summed E-state index contributed by atoms with van der Waals surface area (Å²) in [6.45, 7) is 11.4. The minimum absolute atomic E-state index is 0. The van der Waals surface area contributed by atoms with Crippen LogP contribution in [0.15, 0.2) is 4.99 Å². The maximum absolute atomic E-state index is 11.2. The molecule has 0 saturated carbocycles. The third-order valence-electron chi connectivity index (χ3n) is 4.19. The number of ether oxygens (including phenoxy) is 1. The summed E-state index contributed by atoms with van der Waals surface area (Å²) in [5, 5.41) is 9.62. The Bertz CT molecular complexity index is 392. The monoisotopic (exact) mass is 453 g/mol. The molecule has 0 aromatic heterocycles. The summed E-state index contributed by atoms with van der Waals surface area (Å²) in [6, 6.07) is 0.264. The lowest BCUT2D eigenvalue weighted by Crippen LogP contribution is -2.51. The summed E-state index contributed by atoms with van der Waals surface area (Å²) in [5.74, 6) is 1.50. The number of piperidine rings is 1. The summed E-state index contributed by atoms with van der Waals surface area (Å²) >= 11 is 0. The predicted octanol–water partition coefficient (Wildman–Crippen LogP) is 0.406. The Morgan fingerprint density at radius 1 is 1.46 bits per heavy atom. The third-order valence-corrected chi connectivity index (χ3v) is 4.19. The average molecular weight is 453 g/mol. The fourth-order valence-corrected chi connectivity index (χ4v) is 2.90. The van der Waals surface area contributed by atoms with Crippen molar-refractivity contribution in [2.75, 3.05) is 52.5 Å². The minimum atomic E-state index is 0. The van der Waals surface area contributed by atoms with Crippen molar-refractivity contribution in [1.82, 2.24) is 20.9 Å². The van der Waals surface area contributed by atoms with Gasteiger partial charge in [0.25, 0.3) is 0 Å². The maximum Gasteiger partial charge on any atom is 0.220 e. The molecule has 2 aliphatic heterocycles. The van der Waals surface area contributed by atoms with E-state index >= 15 is 0 Å². The SMILES string of the molecule is CCNC(=NCC(C)CN1CCOCC1)NC1CCC(=O)NC1.I. The Kier molecular flexibility index (Phi) is 10.6. The number of hydrogen-bond acceptors (Lipinski definition) is 4. The molecule has 7 nitrogen and oxygen atoms in total. The molecular formula is C16H32IN5O2. The number of halogens is 1. The first-order valence-corrected chi connectivity index (χ1v) is 8.79. The molecule has 2 aliphatic rings. The molecule has 2 rings (SSSR count). The predicted molar refractivity (Wildman–Crippen MR) is 107 cm³/mol. The molecule has 2 fully saturated rings. The van der Waals surface area contributed by atoms with Crippen molar-refractivity contribution in [3.63, 3.8) is 0 Å². The van der Waals surface area contributed by atoms with Crippen LogP contribution >= 0.6 is 24.0 Å². The number of rotatable bonds is 6. The van der Waals surface area contributed by atoms with Crippen LogP contribution < -0.4 is 16.0 Å². The van der Waals surface area contributed by atoms with Crippen molar-refractivity contribution in [1.29, 1.82) is 0 Å². The molecule has 2 atom stereocenters. The molecule has 140 valence electrons. The molecule has 8 heteroatoms. The van der Waals surface area contributed by atoms with E-state index in [9.17, 15) is 4.79 Å². The van der Waals surface area contributed by atoms with Gasteiger partial charge in [-0.1, -0.05) is 6.92 Å². The van der Waals surface area contributed by atoms with Gasteiger partial charge in [0, 0.05) is 51.7 Å². The minimum Gasteiger partial charge on any atom is -0.379 e. The van der Waals surface area contributed by atoms with E-state index in [0.717, 1.165) is 58.3 Å². The zero-order chi connectivity index (χ0) is 16.5. The molecular weight excluding hydrogens is 421 g/mol. The number of carbonyl (C=O) groups is 1. The van der Waals surface area contributed by atoms with Gasteiger partial charge in [0.1, 0.15) is 0 Å². The van der Waals surface area contributed by atoms with Crippen LogP contribution in [0.4, 0.5) is 0 Å². The molecule has 3 N–H and O–H groups in total. The molecule has 2 saturated heterocycles. The second kappa shape index (κ2) is 11.9. The number of aliphatic imine (C=N–C) groups is 1. The highest BCUT2D eigenvalue weighted by Crippen LogP contribution is 2.05. The van der Waals surface area contributed by atoms with Crippen LogP contribution in [0.3, 0.4) is 0 Å². The number of carbonyl (C=O) groups excluding carboxylic acids is 1. The van der Waals surface area contributed by atoms with E-state index in [0.29, 0.717) is 18.9 Å². The third kappa shape index (κ3) is 7.98. The van der Waals surface area contributed by atoms with Gasteiger partial charge in [0.2, 0.25) is 5.91 Å². The molecule has 2 unspecified atom stereocenters. The lowest BCUT2D eigenvalue weighted by molar-refractivity contribution is -0.122. The molecule has 2 heterocycles. The van der Waals surface area contributed by atoms with E-state index in [-0.39, 0.29) is 35.9 Å². The zero-order valence-electron chi connectivity index (χ0n) is 14.8. The topological polar surface area (TPSA) is 78.0 Å². The van der Waals surface area contributed by atoms with Crippen molar-refractivity contribution in [3.05, 3.63) is 0 Å².